The van der Waals surface area contributed by atoms with E-state index in [1.807, 2.05) is 0 Å². The van der Waals surface area contributed by atoms with E-state index in [-0.39, 0.29) is 16.0 Å². The fraction of sp³-hybridized carbons (Fsp3) is 0.286. The van der Waals surface area contributed by atoms with Crippen molar-refractivity contribution in [2.75, 3.05) is 0 Å². The van der Waals surface area contributed by atoms with Crippen LogP contribution in [0, 0.1) is 3.70 Å². The highest BCUT2D eigenvalue weighted by Crippen LogP contribution is 2.31. The number of hydrogen-bond donors (Lipinski definition) is 1. The number of rotatable bonds is 1. The number of aromatic nitrogens is 1. The molecular formula is C7H5F3INO. The van der Waals surface area contributed by atoms with Crippen molar-refractivity contribution in [3.8, 4) is 0 Å². The van der Waals surface area contributed by atoms with E-state index < -0.39 is 11.7 Å². The summed E-state index contributed by atoms with van der Waals surface area (Å²) in [6, 6.07) is 2.07. The molecule has 0 aliphatic carbocycles. The molecule has 13 heavy (non-hydrogen) atoms. The van der Waals surface area contributed by atoms with Crippen LogP contribution < -0.4 is 0 Å². The topological polar surface area (TPSA) is 33.1 Å². The molecule has 0 aliphatic heterocycles. The Kier molecular flexibility index (Phi) is 3.12. The standard InChI is InChI=1S/C7H5F3INO/c8-7(9,10)5-2-1-4(3-13)12-6(5)11/h1-2,13H,3H2. The number of alkyl halides is 3. The molecule has 0 fully saturated rings. The molecule has 1 heterocycles. The third-order valence-corrected chi connectivity index (χ3v) is 2.20. The minimum absolute atomic E-state index is 0.142. The van der Waals surface area contributed by atoms with Crippen molar-refractivity contribution in [2.45, 2.75) is 12.8 Å². The van der Waals surface area contributed by atoms with Gasteiger partial charge in [-0.1, -0.05) is 0 Å². The van der Waals surface area contributed by atoms with Crippen LogP contribution >= 0.6 is 22.6 Å². The van der Waals surface area contributed by atoms with Crippen LogP contribution in [0.4, 0.5) is 13.2 Å². The number of aliphatic hydroxyl groups is 1. The van der Waals surface area contributed by atoms with E-state index >= 15 is 0 Å². The first-order valence-corrected chi connectivity index (χ1v) is 4.36. The van der Waals surface area contributed by atoms with Gasteiger partial charge in [0.25, 0.3) is 0 Å². The Bertz CT molecular complexity index is 313. The maximum absolute atomic E-state index is 12.2. The molecule has 0 saturated carbocycles. The first-order valence-electron chi connectivity index (χ1n) is 3.28. The smallest absolute Gasteiger partial charge is 0.390 e. The summed E-state index contributed by atoms with van der Waals surface area (Å²) in [4.78, 5) is 3.57. The van der Waals surface area contributed by atoms with Crippen molar-refractivity contribution < 1.29 is 18.3 Å². The lowest BCUT2D eigenvalue weighted by Gasteiger charge is -2.08. The lowest BCUT2D eigenvalue weighted by molar-refractivity contribution is -0.138. The molecule has 0 aliphatic rings. The summed E-state index contributed by atoms with van der Waals surface area (Å²) >= 11 is 1.49. The van der Waals surface area contributed by atoms with Gasteiger partial charge in [0.2, 0.25) is 0 Å². The molecule has 0 atom stereocenters. The van der Waals surface area contributed by atoms with Crippen LogP contribution in [0.3, 0.4) is 0 Å². The normalized spacial score (nSPS) is 11.8. The first-order chi connectivity index (χ1) is 5.95. The van der Waals surface area contributed by atoms with Gasteiger partial charge in [0.1, 0.15) is 3.70 Å². The summed E-state index contributed by atoms with van der Waals surface area (Å²) < 4.78 is 36.4. The lowest BCUT2D eigenvalue weighted by atomic mass is 10.2. The number of halogens is 4. The van der Waals surface area contributed by atoms with Crippen LogP contribution in [-0.4, -0.2) is 10.1 Å². The van der Waals surface area contributed by atoms with E-state index in [1.54, 1.807) is 0 Å². The molecule has 1 N–H and O–H groups in total. The highest BCUT2D eigenvalue weighted by Gasteiger charge is 2.33. The van der Waals surface area contributed by atoms with Crippen molar-refractivity contribution in [3.05, 3.63) is 27.1 Å². The van der Waals surface area contributed by atoms with Gasteiger partial charge in [0, 0.05) is 0 Å². The lowest BCUT2D eigenvalue weighted by Crippen LogP contribution is -2.09. The fourth-order valence-corrected chi connectivity index (χ4v) is 1.57. The SMILES string of the molecule is OCc1ccc(C(F)(F)F)c(I)n1. The molecule has 0 unspecified atom stereocenters. The van der Waals surface area contributed by atoms with E-state index in [0.717, 1.165) is 12.1 Å². The Morgan fingerprint density at radius 2 is 2.00 bits per heavy atom. The third kappa shape index (κ3) is 2.53. The summed E-state index contributed by atoms with van der Waals surface area (Å²) in [5.41, 5.74) is -0.539. The van der Waals surface area contributed by atoms with Crippen LogP contribution in [0.5, 0.6) is 0 Å². The van der Waals surface area contributed by atoms with Crippen molar-refractivity contribution in [2.24, 2.45) is 0 Å². The monoisotopic (exact) mass is 303 g/mol. The molecule has 0 aromatic carbocycles. The number of aliphatic hydroxyl groups excluding tert-OH is 1. The van der Waals surface area contributed by atoms with Gasteiger partial charge in [-0.15, -0.1) is 0 Å². The van der Waals surface area contributed by atoms with Gasteiger partial charge >= 0.3 is 6.18 Å². The quantitative estimate of drug-likeness (QED) is 0.637. The Morgan fingerprint density at radius 1 is 1.38 bits per heavy atom. The molecule has 0 bridgehead atoms. The van der Waals surface area contributed by atoms with Crippen molar-refractivity contribution in [3.63, 3.8) is 0 Å². The first kappa shape index (κ1) is 10.7. The molecule has 1 aromatic heterocycles. The third-order valence-electron chi connectivity index (χ3n) is 1.37. The maximum Gasteiger partial charge on any atom is 0.418 e. The van der Waals surface area contributed by atoms with Crippen molar-refractivity contribution in [1.29, 1.82) is 0 Å². The summed E-state index contributed by atoms with van der Waals surface area (Å²) in [5.74, 6) is 0. The van der Waals surface area contributed by atoms with Crippen LogP contribution in [0.15, 0.2) is 12.1 Å². The molecule has 0 radical (unpaired) electrons. The van der Waals surface area contributed by atoms with Gasteiger partial charge in [-0.3, -0.25) is 0 Å². The van der Waals surface area contributed by atoms with Gasteiger partial charge < -0.3 is 5.11 Å². The molecule has 0 spiro atoms. The minimum Gasteiger partial charge on any atom is -0.390 e. The largest absolute Gasteiger partial charge is 0.418 e. The van der Waals surface area contributed by atoms with Gasteiger partial charge in [-0.05, 0) is 34.7 Å². The zero-order valence-electron chi connectivity index (χ0n) is 6.27. The van der Waals surface area contributed by atoms with E-state index in [2.05, 4.69) is 4.98 Å². The molecule has 0 amide bonds. The predicted octanol–water partition coefficient (Wildman–Crippen LogP) is 2.20. The Morgan fingerprint density at radius 3 is 2.38 bits per heavy atom. The average molecular weight is 303 g/mol. The van der Waals surface area contributed by atoms with Crippen molar-refractivity contribution in [1.82, 2.24) is 4.98 Å². The van der Waals surface area contributed by atoms with Gasteiger partial charge in [0.05, 0.1) is 17.9 Å². The second-order valence-corrected chi connectivity index (χ2v) is 3.32. The second kappa shape index (κ2) is 3.79. The molecule has 0 saturated heterocycles. The highest BCUT2D eigenvalue weighted by atomic mass is 127. The summed E-state index contributed by atoms with van der Waals surface area (Å²) in [7, 11) is 0. The molecule has 2 nitrogen and oxygen atoms in total. The van der Waals surface area contributed by atoms with E-state index in [4.69, 9.17) is 5.11 Å². The Balaban J connectivity index is 3.13. The van der Waals surface area contributed by atoms with Crippen molar-refractivity contribution >= 4 is 22.6 Å². The second-order valence-electron chi connectivity index (χ2n) is 2.30. The van der Waals surface area contributed by atoms with E-state index in [0.29, 0.717) is 0 Å². The fourth-order valence-electron chi connectivity index (χ4n) is 0.771. The van der Waals surface area contributed by atoms with Crippen LogP contribution in [0.2, 0.25) is 0 Å². The maximum atomic E-state index is 12.2. The van der Waals surface area contributed by atoms with Gasteiger partial charge in [-0.25, -0.2) is 4.98 Å². The molecule has 6 heteroatoms. The molecule has 1 aromatic rings. The van der Waals surface area contributed by atoms with Crippen LogP contribution in [0.25, 0.3) is 0 Å². The number of pyridine rings is 1. The molecule has 1 rings (SSSR count). The highest BCUT2D eigenvalue weighted by molar-refractivity contribution is 14.1. The Hall–Kier alpha value is -0.370. The molecule has 72 valence electrons. The summed E-state index contributed by atoms with van der Waals surface area (Å²) in [5, 5.41) is 8.61. The minimum atomic E-state index is -4.38. The zero-order valence-corrected chi connectivity index (χ0v) is 8.43. The summed E-state index contributed by atoms with van der Waals surface area (Å²) in [6.07, 6.45) is -4.38. The number of nitrogens with zero attached hydrogens (tertiary/aromatic N) is 1. The van der Waals surface area contributed by atoms with Gasteiger partial charge in [0.15, 0.2) is 0 Å². The zero-order chi connectivity index (χ0) is 10.1. The average Bonchev–Trinajstić information content (AvgIpc) is 2.01. The number of hydrogen-bond acceptors (Lipinski definition) is 2. The van der Waals surface area contributed by atoms with E-state index in [1.165, 1.54) is 22.6 Å². The van der Waals surface area contributed by atoms with Crippen LogP contribution in [0.1, 0.15) is 11.3 Å². The summed E-state index contributed by atoms with van der Waals surface area (Å²) in [6.45, 7) is -0.353. The Labute approximate surface area is 85.9 Å². The van der Waals surface area contributed by atoms with Crippen LogP contribution in [-0.2, 0) is 12.8 Å². The predicted molar refractivity (Wildman–Crippen MR) is 47.9 cm³/mol. The van der Waals surface area contributed by atoms with Gasteiger partial charge in [-0.2, -0.15) is 13.2 Å². The van der Waals surface area contributed by atoms with E-state index in [9.17, 15) is 13.2 Å². The molecular weight excluding hydrogens is 298 g/mol.